The van der Waals surface area contributed by atoms with Crippen LogP contribution in [0.3, 0.4) is 0 Å². The molecule has 0 heterocycles. The number of nitriles is 1. The van der Waals surface area contributed by atoms with Gasteiger partial charge in [-0.05, 0) is 39.5 Å². The Hall–Kier alpha value is -1.28. The number of nitrogens with zero attached hydrogens (tertiary/aromatic N) is 2. The van der Waals surface area contributed by atoms with Gasteiger partial charge in [-0.15, -0.1) is 0 Å². The number of amides is 1. The second-order valence-electron chi connectivity index (χ2n) is 7.06. The second-order valence-corrected chi connectivity index (χ2v) is 7.06. The molecule has 0 spiro atoms. The van der Waals surface area contributed by atoms with Gasteiger partial charge in [0.2, 0.25) is 0 Å². The summed E-state index contributed by atoms with van der Waals surface area (Å²) in [6.45, 7) is 14.7. The van der Waals surface area contributed by atoms with Gasteiger partial charge in [-0.25, -0.2) is 4.79 Å². The highest BCUT2D eigenvalue weighted by Crippen LogP contribution is 2.20. The summed E-state index contributed by atoms with van der Waals surface area (Å²) in [5, 5.41) is 12.0. The zero-order valence-corrected chi connectivity index (χ0v) is 14.5. The van der Waals surface area contributed by atoms with Crippen molar-refractivity contribution in [1.82, 2.24) is 10.2 Å². The van der Waals surface area contributed by atoms with E-state index in [1.54, 1.807) is 4.90 Å². The highest BCUT2D eigenvalue weighted by Gasteiger charge is 2.21. The van der Waals surface area contributed by atoms with Crippen molar-refractivity contribution in [2.24, 2.45) is 5.41 Å². The zero-order chi connectivity index (χ0) is 16.5. The van der Waals surface area contributed by atoms with Crippen LogP contribution in [0.5, 0.6) is 0 Å². The molecule has 0 aromatic rings. The van der Waals surface area contributed by atoms with Crippen molar-refractivity contribution in [2.45, 2.75) is 60.0 Å². The van der Waals surface area contributed by atoms with Crippen LogP contribution in [0, 0.1) is 16.7 Å². The number of carbonyl (C=O) groups excluding carboxylic acids is 1. The fourth-order valence-corrected chi connectivity index (χ4v) is 1.83. The maximum atomic E-state index is 12.0. The van der Waals surface area contributed by atoms with Crippen molar-refractivity contribution in [3.8, 4) is 6.07 Å². The van der Waals surface area contributed by atoms with E-state index in [9.17, 15) is 4.79 Å². The van der Waals surface area contributed by atoms with E-state index in [0.717, 1.165) is 19.5 Å². The molecule has 21 heavy (non-hydrogen) atoms. The molecule has 0 atom stereocenters. The Bertz CT molecular complexity index is 354. The van der Waals surface area contributed by atoms with E-state index in [2.05, 4.69) is 25.2 Å². The van der Waals surface area contributed by atoms with E-state index in [-0.39, 0.29) is 11.5 Å². The lowest BCUT2D eigenvalue weighted by molar-refractivity contribution is 0.0261. The average molecular weight is 297 g/mol. The van der Waals surface area contributed by atoms with Gasteiger partial charge in [0.1, 0.15) is 5.60 Å². The number of carbonyl (C=O) groups is 1. The number of likely N-dealkylation sites (N-methyl/N-ethyl adjacent to an activating group) is 1. The summed E-state index contributed by atoms with van der Waals surface area (Å²) >= 11 is 0. The number of hydrogen-bond acceptors (Lipinski definition) is 4. The summed E-state index contributed by atoms with van der Waals surface area (Å²) in [6.07, 6.45) is 1.18. The third kappa shape index (κ3) is 10.1. The van der Waals surface area contributed by atoms with Crippen LogP contribution in [0.1, 0.15) is 54.4 Å². The van der Waals surface area contributed by atoms with Crippen molar-refractivity contribution in [3.05, 3.63) is 0 Å². The molecular formula is C16H31N3O2. The molecule has 122 valence electrons. The Labute approximate surface area is 129 Å². The molecule has 0 aliphatic heterocycles. The van der Waals surface area contributed by atoms with E-state index in [4.69, 9.17) is 10.00 Å². The minimum atomic E-state index is -0.461. The van der Waals surface area contributed by atoms with Crippen LogP contribution in [0.2, 0.25) is 0 Å². The van der Waals surface area contributed by atoms with Crippen LogP contribution >= 0.6 is 0 Å². The van der Waals surface area contributed by atoms with E-state index >= 15 is 0 Å². The molecule has 0 radical (unpaired) electrons. The molecule has 0 saturated heterocycles. The third-order valence-electron chi connectivity index (χ3n) is 3.11. The van der Waals surface area contributed by atoms with Gasteiger partial charge in [0.05, 0.1) is 6.07 Å². The first kappa shape index (κ1) is 19.7. The number of hydrogen-bond donors (Lipinski definition) is 1. The lowest BCUT2D eigenvalue weighted by Crippen LogP contribution is -2.41. The average Bonchev–Trinajstić information content (AvgIpc) is 2.34. The topological polar surface area (TPSA) is 65.4 Å². The summed E-state index contributed by atoms with van der Waals surface area (Å²) in [5.74, 6) is 0. The Morgan fingerprint density at radius 2 is 1.90 bits per heavy atom. The van der Waals surface area contributed by atoms with E-state index < -0.39 is 5.60 Å². The Morgan fingerprint density at radius 3 is 2.38 bits per heavy atom. The summed E-state index contributed by atoms with van der Waals surface area (Å²) in [5.41, 5.74) is -0.365. The third-order valence-corrected chi connectivity index (χ3v) is 3.11. The van der Waals surface area contributed by atoms with Crippen LogP contribution in [0.25, 0.3) is 0 Å². The number of nitrogens with one attached hydrogen (secondary N) is 1. The minimum Gasteiger partial charge on any atom is -0.444 e. The first-order valence-corrected chi connectivity index (χ1v) is 7.67. The molecule has 0 aliphatic rings. The summed E-state index contributed by atoms with van der Waals surface area (Å²) in [7, 11) is 0. The Balaban J connectivity index is 4.08. The van der Waals surface area contributed by atoms with Crippen molar-refractivity contribution in [2.75, 3.05) is 26.2 Å². The molecule has 0 aromatic carbocycles. The fourth-order valence-electron chi connectivity index (χ4n) is 1.83. The smallest absolute Gasteiger partial charge is 0.410 e. The van der Waals surface area contributed by atoms with Crippen LogP contribution in [-0.4, -0.2) is 42.8 Å². The largest absolute Gasteiger partial charge is 0.444 e. The Morgan fingerprint density at radius 1 is 1.29 bits per heavy atom. The standard InChI is InChI=1S/C16H31N3O2/c1-7-19(14(20)21-15(2,3)4)12-11-18-13-16(5,6)9-8-10-17/h18H,7-9,11-13H2,1-6H3. The molecule has 0 unspecified atom stereocenters. The summed E-state index contributed by atoms with van der Waals surface area (Å²) in [4.78, 5) is 13.7. The van der Waals surface area contributed by atoms with Crippen LogP contribution in [0.4, 0.5) is 4.79 Å². The quantitative estimate of drug-likeness (QED) is 0.699. The van der Waals surface area contributed by atoms with Gasteiger partial charge < -0.3 is 15.0 Å². The molecule has 5 heteroatoms. The zero-order valence-electron chi connectivity index (χ0n) is 14.5. The van der Waals surface area contributed by atoms with Gasteiger partial charge in [-0.2, -0.15) is 5.26 Å². The highest BCUT2D eigenvalue weighted by molar-refractivity contribution is 5.68. The molecule has 0 aromatic heterocycles. The maximum Gasteiger partial charge on any atom is 0.410 e. The second kappa shape index (κ2) is 8.89. The van der Waals surface area contributed by atoms with Crippen molar-refractivity contribution in [3.63, 3.8) is 0 Å². The van der Waals surface area contributed by atoms with Crippen molar-refractivity contribution < 1.29 is 9.53 Å². The van der Waals surface area contributed by atoms with Gasteiger partial charge in [0.15, 0.2) is 0 Å². The first-order chi connectivity index (χ1) is 9.61. The monoisotopic (exact) mass is 297 g/mol. The molecule has 5 nitrogen and oxygen atoms in total. The number of rotatable bonds is 8. The van der Waals surface area contributed by atoms with Crippen LogP contribution in [-0.2, 0) is 4.74 Å². The lowest BCUT2D eigenvalue weighted by Gasteiger charge is -2.28. The minimum absolute atomic E-state index is 0.0959. The molecule has 0 bridgehead atoms. The molecule has 1 amide bonds. The van der Waals surface area contributed by atoms with Crippen LogP contribution < -0.4 is 5.32 Å². The predicted molar refractivity (Wildman–Crippen MR) is 85.0 cm³/mol. The van der Waals surface area contributed by atoms with Gasteiger partial charge in [0.25, 0.3) is 0 Å². The maximum absolute atomic E-state index is 12.0. The van der Waals surface area contributed by atoms with E-state index in [1.165, 1.54) is 0 Å². The lowest BCUT2D eigenvalue weighted by atomic mass is 9.88. The first-order valence-electron chi connectivity index (χ1n) is 7.67. The van der Waals surface area contributed by atoms with Crippen LogP contribution in [0.15, 0.2) is 0 Å². The molecule has 0 aliphatic carbocycles. The van der Waals surface area contributed by atoms with Gasteiger partial charge >= 0.3 is 6.09 Å². The van der Waals surface area contributed by atoms with Crippen molar-refractivity contribution >= 4 is 6.09 Å². The Kier molecular flexibility index (Phi) is 8.34. The summed E-state index contributed by atoms with van der Waals surface area (Å²) < 4.78 is 5.36. The normalized spacial score (nSPS) is 11.9. The van der Waals surface area contributed by atoms with Gasteiger partial charge in [-0.3, -0.25) is 0 Å². The van der Waals surface area contributed by atoms with Gasteiger partial charge in [0, 0.05) is 32.6 Å². The molecule has 1 N–H and O–H groups in total. The van der Waals surface area contributed by atoms with Crippen molar-refractivity contribution in [1.29, 1.82) is 5.26 Å². The molecule has 0 fully saturated rings. The van der Waals surface area contributed by atoms with E-state index in [0.29, 0.717) is 19.5 Å². The summed E-state index contributed by atoms with van der Waals surface area (Å²) in [6, 6.07) is 2.18. The van der Waals surface area contributed by atoms with Gasteiger partial charge in [-0.1, -0.05) is 13.8 Å². The SMILES string of the molecule is CCN(CCNCC(C)(C)CCC#N)C(=O)OC(C)(C)C. The predicted octanol–water partition coefficient (Wildman–Crippen LogP) is 3.16. The highest BCUT2D eigenvalue weighted by atomic mass is 16.6. The van der Waals surface area contributed by atoms with E-state index in [1.807, 2.05) is 27.7 Å². The molecule has 0 rings (SSSR count). The number of ether oxygens (including phenoxy) is 1. The molecule has 0 saturated carbocycles. The fraction of sp³-hybridized carbons (Fsp3) is 0.875. The molecular weight excluding hydrogens is 266 g/mol.